The Hall–Kier alpha value is -4.67. The number of hydrogen-bond donors (Lipinski definition) is 1. The highest BCUT2D eigenvalue weighted by Crippen LogP contribution is 2.37. The molecule has 1 aliphatic carbocycles. The van der Waals surface area contributed by atoms with Crippen LogP contribution in [0, 0.1) is 11.6 Å². The van der Waals surface area contributed by atoms with Crippen molar-refractivity contribution in [3.8, 4) is 5.75 Å². The number of allylic oxidation sites excluding steroid dienone is 1. The average molecular weight is 599 g/mol. The lowest BCUT2D eigenvalue weighted by Gasteiger charge is -2.26. The summed E-state index contributed by atoms with van der Waals surface area (Å²) in [5.41, 5.74) is 4.68. The Morgan fingerprint density at radius 1 is 0.977 bits per heavy atom. The maximum absolute atomic E-state index is 13.7. The predicted molar refractivity (Wildman–Crippen MR) is 162 cm³/mol. The largest absolute Gasteiger partial charge is 0.492 e. The minimum Gasteiger partial charge on any atom is -0.492 e. The molecule has 1 amide bonds. The van der Waals surface area contributed by atoms with E-state index in [0.717, 1.165) is 85.1 Å². The number of carbonyl (C=O) groups is 1. The molecule has 0 bridgehead atoms. The molecule has 0 spiro atoms. The summed E-state index contributed by atoms with van der Waals surface area (Å²) in [5, 5.41) is 2.85. The number of amides is 1. The SMILES string of the molecule is O=C(NCc1ccc(OCCN2CCOCC2)c(C2=CCc3ncccc32)c1)c1cccn(Cc2ccc(F)c(F)c2)c1=O. The van der Waals surface area contributed by atoms with Gasteiger partial charge in [0.05, 0.1) is 25.5 Å². The molecule has 226 valence electrons. The topological polar surface area (TPSA) is 85.7 Å². The quantitative estimate of drug-likeness (QED) is 0.295. The van der Waals surface area contributed by atoms with Crippen molar-refractivity contribution in [3.63, 3.8) is 0 Å². The van der Waals surface area contributed by atoms with E-state index in [9.17, 15) is 18.4 Å². The number of nitrogens with one attached hydrogen (secondary N) is 1. The lowest BCUT2D eigenvalue weighted by atomic mass is 9.98. The van der Waals surface area contributed by atoms with Gasteiger partial charge in [-0.15, -0.1) is 0 Å². The summed E-state index contributed by atoms with van der Waals surface area (Å²) in [4.78, 5) is 33.0. The zero-order valence-corrected chi connectivity index (χ0v) is 24.1. The lowest BCUT2D eigenvalue weighted by Crippen LogP contribution is -2.38. The number of benzene rings is 2. The van der Waals surface area contributed by atoms with Crippen LogP contribution in [-0.4, -0.2) is 59.8 Å². The van der Waals surface area contributed by atoms with Gasteiger partial charge in [-0.1, -0.05) is 24.3 Å². The standard InChI is InChI=1S/C34H32F2N4O4/c35-29-8-5-24(20-30(29)36)22-40-12-2-4-27(34(40)42)33(41)38-21-23-6-10-32(44-18-15-39-13-16-43-17-14-39)28(19-23)25-7-9-31-26(25)3-1-11-37-31/h1-8,10-12,19-20H,9,13-18,21-22H2,(H,38,41). The summed E-state index contributed by atoms with van der Waals surface area (Å²) >= 11 is 0. The van der Waals surface area contributed by atoms with Crippen LogP contribution in [-0.2, 0) is 24.2 Å². The first kappa shape index (κ1) is 29.4. The first-order valence-corrected chi connectivity index (χ1v) is 14.6. The fourth-order valence-corrected chi connectivity index (χ4v) is 5.49. The van der Waals surface area contributed by atoms with E-state index >= 15 is 0 Å². The highest BCUT2D eigenvalue weighted by atomic mass is 19.2. The second-order valence-electron chi connectivity index (χ2n) is 10.7. The van der Waals surface area contributed by atoms with Gasteiger partial charge < -0.3 is 19.4 Å². The van der Waals surface area contributed by atoms with E-state index in [0.29, 0.717) is 12.2 Å². The Balaban J connectivity index is 1.18. The summed E-state index contributed by atoms with van der Waals surface area (Å²) < 4.78 is 40.0. The van der Waals surface area contributed by atoms with Gasteiger partial charge in [-0.25, -0.2) is 8.78 Å². The lowest BCUT2D eigenvalue weighted by molar-refractivity contribution is 0.0322. The predicted octanol–water partition coefficient (Wildman–Crippen LogP) is 4.20. The number of nitrogens with zero attached hydrogens (tertiary/aromatic N) is 3. The number of hydrogen-bond acceptors (Lipinski definition) is 6. The molecule has 0 saturated carbocycles. The van der Waals surface area contributed by atoms with Crippen LogP contribution in [0.25, 0.3) is 5.57 Å². The number of pyridine rings is 2. The molecule has 44 heavy (non-hydrogen) atoms. The molecule has 0 radical (unpaired) electrons. The third-order valence-electron chi connectivity index (χ3n) is 7.84. The van der Waals surface area contributed by atoms with Crippen LogP contribution >= 0.6 is 0 Å². The fourth-order valence-electron chi connectivity index (χ4n) is 5.49. The van der Waals surface area contributed by atoms with E-state index in [1.807, 2.05) is 30.3 Å². The van der Waals surface area contributed by atoms with Crippen LogP contribution in [0.3, 0.4) is 0 Å². The minimum absolute atomic E-state index is 0.00104. The van der Waals surface area contributed by atoms with E-state index in [1.165, 1.54) is 22.9 Å². The van der Waals surface area contributed by atoms with Crippen molar-refractivity contribution >= 4 is 11.5 Å². The summed E-state index contributed by atoms with van der Waals surface area (Å²) in [6.45, 7) is 4.74. The van der Waals surface area contributed by atoms with Gasteiger partial charge in [0.15, 0.2) is 11.6 Å². The highest BCUT2D eigenvalue weighted by Gasteiger charge is 2.21. The molecule has 10 heteroatoms. The van der Waals surface area contributed by atoms with Gasteiger partial charge in [0.25, 0.3) is 11.5 Å². The number of ether oxygens (including phenoxy) is 2. The molecule has 1 saturated heterocycles. The van der Waals surface area contributed by atoms with Crippen molar-refractivity contribution in [1.29, 1.82) is 0 Å². The second-order valence-corrected chi connectivity index (χ2v) is 10.7. The van der Waals surface area contributed by atoms with E-state index in [-0.39, 0.29) is 18.7 Å². The van der Waals surface area contributed by atoms with Crippen molar-refractivity contribution in [2.45, 2.75) is 19.5 Å². The number of carbonyl (C=O) groups excluding carboxylic acids is 1. The molecular formula is C34H32F2N4O4. The number of morpholine rings is 1. The second kappa shape index (κ2) is 13.3. The molecule has 4 aromatic rings. The van der Waals surface area contributed by atoms with E-state index in [4.69, 9.17) is 9.47 Å². The van der Waals surface area contributed by atoms with Crippen LogP contribution in [0.15, 0.2) is 83.9 Å². The maximum atomic E-state index is 13.7. The van der Waals surface area contributed by atoms with Gasteiger partial charge in [-0.05, 0) is 59.2 Å². The summed E-state index contributed by atoms with van der Waals surface area (Å²) in [7, 11) is 0. The van der Waals surface area contributed by atoms with E-state index in [2.05, 4.69) is 21.3 Å². The van der Waals surface area contributed by atoms with Crippen molar-refractivity contribution in [1.82, 2.24) is 19.8 Å². The molecule has 2 aromatic heterocycles. The van der Waals surface area contributed by atoms with Crippen LogP contribution in [0.1, 0.15) is 38.3 Å². The molecule has 3 heterocycles. The fraction of sp³-hybridized carbons (Fsp3) is 0.265. The maximum Gasteiger partial charge on any atom is 0.263 e. The molecule has 2 aliphatic rings. The number of aromatic nitrogens is 2. The van der Waals surface area contributed by atoms with Crippen molar-refractivity contribution in [2.24, 2.45) is 0 Å². The van der Waals surface area contributed by atoms with Crippen LogP contribution in [0.2, 0.25) is 0 Å². The highest BCUT2D eigenvalue weighted by molar-refractivity contribution is 5.93. The van der Waals surface area contributed by atoms with Gasteiger partial charge in [0.1, 0.15) is 17.9 Å². The molecule has 1 aliphatic heterocycles. The van der Waals surface area contributed by atoms with Crippen LogP contribution in [0.4, 0.5) is 8.78 Å². The molecule has 1 N–H and O–H groups in total. The summed E-state index contributed by atoms with van der Waals surface area (Å²) in [5.74, 6) is -1.74. The van der Waals surface area contributed by atoms with Gasteiger partial charge in [0.2, 0.25) is 0 Å². The number of fused-ring (bicyclic) bond motifs is 1. The van der Waals surface area contributed by atoms with Crippen molar-refractivity contribution < 1.29 is 23.0 Å². The zero-order chi connectivity index (χ0) is 30.5. The molecule has 6 rings (SSSR count). The number of rotatable bonds is 10. The van der Waals surface area contributed by atoms with Gasteiger partial charge >= 0.3 is 0 Å². The smallest absolute Gasteiger partial charge is 0.263 e. The molecule has 0 unspecified atom stereocenters. The van der Waals surface area contributed by atoms with Gasteiger partial charge in [-0.2, -0.15) is 0 Å². The molecule has 8 nitrogen and oxygen atoms in total. The third kappa shape index (κ3) is 6.61. The van der Waals surface area contributed by atoms with Crippen molar-refractivity contribution in [3.05, 3.63) is 135 Å². The Morgan fingerprint density at radius 3 is 2.66 bits per heavy atom. The molecular weight excluding hydrogens is 566 g/mol. The summed E-state index contributed by atoms with van der Waals surface area (Å²) in [6, 6.07) is 16.3. The number of halogens is 2. The Bertz CT molecular complexity index is 1760. The van der Waals surface area contributed by atoms with E-state index in [1.54, 1.807) is 12.3 Å². The third-order valence-corrected chi connectivity index (χ3v) is 7.84. The van der Waals surface area contributed by atoms with Crippen LogP contribution < -0.4 is 15.6 Å². The van der Waals surface area contributed by atoms with Crippen LogP contribution in [0.5, 0.6) is 5.75 Å². The average Bonchev–Trinajstić information content (AvgIpc) is 3.48. The zero-order valence-electron chi connectivity index (χ0n) is 24.1. The Labute approximate surface area is 253 Å². The molecule has 0 atom stereocenters. The van der Waals surface area contributed by atoms with Gasteiger partial charge in [0, 0.05) is 56.1 Å². The Morgan fingerprint density at radius 2 is 1.82 bits per heavy atom. The van der Waals surface area contributed by atoms with E-state index < -0.39 is 23.1 Å². The minimum atomic E-state index is -0.995. The first-order valence-electron chi connectivity index (χ1n) is 14.6. The molecule has 1 fully saturated rings. The van der Waals surface area contributed by atoms with Gasteiger partial charge in [-0.3, -0.25) is 19.5 Å². The van der Waals surface area contributed by atoms with Crippen molar-refractivity contribution in [2.75, 3.05) is 39.5 Å². The normalized spacial score (nSPS) is 14.6. The first-order chi connectivity index (χ1) is 21.5. The Kier molecular flexibility index (Phi) is 8.90. The monoisotopic (exact) mass is 598 g/mol. The summed E-state index contributed by atoms with van der Waals surface area (Å²) in [6.07, 6.45) is 6.16. The molecule has 2 aromatic carbocycles.